The zero-order valence-corrected chi connectivity index (χ0v) is 10.3. The number of aliphatic hydroxyl groups excluding tert-OH is 1. The van der Waals surface area contributed by atoms with Gasteiger partial charge < -0.3 is 15.5 Å². The van der Waals surface area contributed by atoms with E-state index in [1.165, 1.54) is 6.42 Å². The molecule has 4 unspecified atom stereocenters. The number of carbonyl (C=O) groups is 1. The highest BCUT2D eigenvalue weighted by atomic mass is 16.4. The van der Waals surface area contributed by atoms with Crippen molar-refractivity contribution in [3.63, 3.8) is 0 Å². The largest absolute Gasteiger partial charge is 0.481 e. The fourth-order valence-electron chi connectivity index (χ4n) is 3.34. The van der Waals surface area contributed by atoms with Crippen molar-refractivity contribution in [1.82, 2.24) is 5.32 Å². The molecule has 4 atom stereocenters. The van der Waals surface area contributed by atoms with E-state index in [-0.39, 0.29) is 12.5 Å². The Morgan fingerprint density at radius 1 is 1.18 bits per heavy atom. The highest BCUT2D eigenvalue weighted by Gasteiger charge is 2.32. The molecule has 0 heterocycles. The van der Waals surface area contributed by atoms with Crippen molar-refractivity contribution in [2.75, 3.05) is 6.61 Å². The molecule has 0 aromatic carbocycles. The summed E-state index contributed by atoms with van der Waals surface area (Å²) in [7, 11) is 0. The van der Waals surface area contributed by atoms with Gasteiger partial charge in [-0.25, -0.2) is 0 Å². The van der Waals surface area contributed by atoms with Gasteiger partial charge in [-0.2, -0.15) is 0 Å². The molecular formula is C13H23NO3. The first-order valence-corrected chi connectivity index (χ1v) is 6.80. The van der Waals surface area contributed by atoms with Crippen molar-refractivity contribution in [3.8, 4) is 0 Å². The van der Waals surface area contributed by atoms with Crippen molar-refractivity contribution in [1.29, 1.82) is 0 Å². The molecule has 4 nitrogen and oxygen atoms in total. The molecule has 3 N–H and O–H groups in total. The predicted molar refractivity (Wildman–Crippen MR) is 64.7 cm³/mol. The summed E-state index contributed by atoms with van der Waals surface area (Å²) in [4.78, 5) is 11.0. The van der Waals surface area contributed by atoms with Crippen LogP contribution in [0.2, 0.25) is 0 Å². The molecule has 2 aliphatic rings. The van der Waals surface area contributed by atoms with Gasteiger partial charge in [0.25, 0.3) is 0 Å². The topological polar surface area (TPSA) is 69.6 Å². The maximum absolute atomic E-state index is 11.0. The normalized spacial score (nSPS) is 38.2. The van der Waals surface area contributed by atoms with E-state index in [9.17, 15) is 9.90 Å². The minimum atomic E-state index is -0.651. The lowest BCUT2D eigenvalue weighted by molar-refractivity contribution is -0.143. The maximum atomic E-state index is 11.0. The number of nitrogens with one attached hydrogen (secondary N) is 1. The van der Waals surface area contributed by atoms with E-state index in [4.69, 9.17) is 5.11 Å². The Kier molecular flexibility index (Phi) is 4.40. The molecule has 0 spiro atoms. The van der Waals surface area contributed by atoms with Gasteiger partial charge in [0.15, 0.2) is 0 Å². The van der Waals surface area contributed by atoms with E-state index in [0.29, 0.717) is 18.0 Å². The van der Waals surface area contributed by atoms with E-state index in [2.05, 4.69) is 5.32 Å². The number of carboxylic acids is 1. The highest BCUT2D eigenvalue weighted by molar-refractivity contribution is 5.70. The number of aliphatic hydroxyl groups is 1. The number of rotatable bonds is 4. The smallest absolute Gasteiger partial charge is 0.306 e. The van der Waals surface area contributed by atoms with E-state index in [1.54, 1.807) is 0 Å². The second-order valence-corrected chi connectivity index (χ2v) is 5.55. The Morgan fingerprint density at radius 3 is 2.65 bits per heavy atom. The van der Waals surface area contributed by atoms with Crippen molar-refractivity contribution in [2.45, 2.75) is 57.0 Å². The summed E-state index contributed by atoms with van der Waals surface area (Å²) in [6.07, 6.45) is 7.07. The molecule has 0 aromatic rings. The summed E-state index contributed by atoms with van der Waals surface area (Å²) in [5.41, 5.74) is 0. The molecule has 4 heteroatoms. The molecule has 0 aliphatic heterocycles. The van der Waals surface area contributed by atoms with E-state index >= 15 is 0 Å². The molecule has 98 valence electrons. The molecule has 0 aromatic heterocycles. The molecule has 2 saturated carbocycles. The summed E-state index contributed by atoms with van der Waals surface area (Å²) in [5.74, 6) is -0.447. The van der Waals surface area contributed by atoms with E-state index < -0.39 is 5.97 Å². The summed E-state index contributed by atoms with van der Waals surface area (Å²) in [6, 6.07) is 0.736. The van der Waals surface area contributed by atoms with Gasteiger partial charge in [-0.05, 0) is 38.0 Å². The minimum absolute atomic E-state index is 0.171. The van der Waals surface area contributed by atoms with Crippen LogP contribution in [-0.4, -0.2) is 34.9 Å². The van der Waals surface area contributed by atoms with Gasteiger partial charge in [-0.1, -0.05) is 12.8 Å². The predicted octanol–water partition coefficient (Wildman–Crippen LogP) is 1.38. The fraction of sp³-hybridized carbons (Fsp3) is 0.923. The lowest BCUT2D eigenvalue weighted by Crippen LogP contribution is -2.44. The van der Waals surface area contributed by atoms with Gasteiger partial charge >= 0.3 is 5.97 Å². The Balaban J connectivity index is 1.84. The zero-order valence-electron chi connectivity index (χ0n) is 10.3. The molecule has 0 saturated heterocycles. The third-order valence-electron chi connectivity index (χ3n) is 4.37. The number of aliphatic carboxylic acids is 1. The van der Waals surface area contributed by atoms with Crippen LogP contribution < -0.4 is 5.32 Å². The van der Waals surface area contributed by atoms with Gasteiger partial charge in [-0.15, -0.1) is 0 Å². The molecule has 2 aliphatic carbocycles. The highest BCUT2D eigenvalue weighted by Crippen LogP contribution is 2.29. The van der Waals surface area contributed by atoms with Crippen LogP contribution >= 0.6 is 0 Å². The van der Waals surface area contributed by atoms with Gasteiger partial charge in [0, 0.05) is 18.7 Å². The van der Waals surface area contributed by atoms with Crippen LogP contribution in [0.5, 0.6) is 0 Å². The van der Waals surface area contributed by atoms with E-state index in [1.807, 2.05) is 0 Å². The standard InChI is InChI=1S/C13H23NO3/c15-8-10-4-2-6-12(10)14-11-5-1-3-9(7-11)13(16)17/h9-12,14-15H,1-8H2,(H,16,17). The van der Waals surface area contributed by atoms with Crippen molar-refractivity contribution >= 4 is 5.97 Å². The first-order chi connectivity index (χ1) is 8.20. The lowest BCUT2D eigenvalue weighted by atomic mass is 9.85. The van der Waals surface area contributed by atoms with Gasteiger partial charge in [0.1, 0.15) is 0 Å². The number of hydrogen-bond acceptors (Lipinski definition) is 3. The fourth-order valence-corrected chi connectivity index (χ4v) is 3.34. The third kappa shape index (κ3) is 3.19. The second-order valence-electron chi connectivity index (χ2n) is 5.55. The van der Waals surface area contributed by atoms with Gasteiger partial charge in [-0.3, -0.25) is 4.79 Å². The van der Waals surface area contributed by atoms with Gasteiger partial charge in [0.05, 0.1) is 5.92 Å². The second kappa shape index (κ2) is 5.83. The van der Waals surface area contributed by atoms with Crippen LogP contribution in [0.4, 0.5) is 0 Å². The summed E-state index contributed by atoms with van der Waals surface area (Å²) in [6.45, 7) is 0.257. The Labute approximate surface area is 102 Å². The van der Waals surface area contributed by atoms with Crippen LogP contribution in [0.25, 0.3) is 0 Å². The van der Waals surface area contributed by atoms with Crippen LogP contribution in [0, 0.1) is 11.8 Å². The van der Waals surface area contributed by atoms with Gasteiger partial charge in [0.2, 0.25) is 0 Å². The van der Waals surface area contributed by atoms with Crippen LogP contribution in [0.3, 0.4) is 0 Å². The average Bonchev–Trinajstić information content (AvgIpc) is 2.76. The molecule has 17 heavy (non-hydrogen) atoms. The van der Waals surface area contributed by atoms with Crippen molar-refractivity contribution < 1.29 is 15.0 Å². The number of hydrogen-bond donors (Lipinski definition) is 3. The third-order valence-corrected chi connectivity index (χ3v) is 4.37. The molecule has 0 bridgehead atoms. The summed E-state index contributed by atoms with van der Waals surface area (Å²) < 4.78 is 0. The Hall–Kier alpha value is -0.610. The Morgan fingerprint density at radius 2 is 1.94 bits per heavy atom. The molecule has 2 fully saturated rings. The molecule has 0 radical (unpaired) electrons. The van der Waals surface area contributed by atoms with Crippen molar-refractivity contribution in [2.24, 2.45) is 11.8 Å². The van der Waals surface area contributed by atoms with Crippen molar-refractivity contribution in [3.05, 3.63) is 0 Å². The van der Waals surface area contributed by atoms with Crippen LogP contribution in [-0.2, 0) is 4.79 Å². The van der Waals surface area contributed by atoms with Crippen LogP contribution in [0.15, 0.2) is 0 Å². The molecule has 0 amide bonds. The molecule has 2 rings (SSSR count). The maximum Gasteiger partial charge on any atom is 0.306 e. The quantitative estimate of drug-likeness (QED) is 0.695. The molecular weight excluding hydrogens is 218 g/mol. The first kappa shape index (κ1) is 12.8. The zero-order chi connectivity index (χ0) is 12.3. The summed E-state index contributed by atoms with van der Waals surface area (Å²) >= 11 is 0. The first-order valence-electron chi connectivity index (χ1n) is 6.80. The SMILES string of the molecule is O=C(O)C1CCCC(NC2CCCC2CO)C1. The van der Waals surface area contributed by atoms with Crippen LogP contribution in [0.1, 0.15) is 44.9 Å². The monoisotopic (exact) mass is 241 g/mol. The van der Waals surface area contributed by atoms with E-state index in [0.717, 1.165) is 38.5 Å². The summed E-state index contributed by atoms with van der Waals surface area (Å²) in [5, 5.41) is 21.9. The minimum Gasteiger partial charge on any atom is -0.481 e. The average molecular weight is 241 g/mol. The number of carboxylic acid groups (broad SMARTS) is 1. The Bertz CT molecular complexity index is 269. The lowest BCUT2D eigenvalue weighted by Gasteiger charge is -2.31.